The normalized spacial score (nSPS) is 16.0. The zero-order valence-electron chi connectivity index (χ0n) is 34.5. The van der Waals surface area contributed by atoms with Gasteiger partial charge in [-0.15, -0.1) is 0 Å². The summed E-state index contributed by atoms with van der Waals surface area (Å²) in [5, 5.41) is 43.2. The van der Waals surface area contributed by atoms with Crippen LogP contribution in [0.2, 0.25) is 0 Å². The van der Waals surface area contributed by atoms with E-state index in [1.165, 1.54) is 0 Å². The van der Waals surface area contributed by atoms with Crippen LogP contribution in [0.1, 0.15) is 176 Å². The Morgan fingerprint density at radius 1 is 0.473 bits per heavy atom. The van der Waals surface area contributed by atoms with Gasteiger partial charge in [0.05, 0.1) is 12.8 Å². The van der Waals surface area contributed by atoms with Crippen molar-refractivity contribution in [2.24, 2.45) is 0 Å². The molecule has 0 spiro atoms. The maximum absolute atomic E-state index is 14.1. The third kappa shape index (κ3) is 9.20. The maximum Gasteiger partial charge on any atom is 0.314 e. The maximum atomic E-state index is 14.1. The lowest BCUT2D eigenvalue weighted by molar-refractivity contribution is -0.160. The third-order valence-electron chi connectivity index (χ3n) is 12.5. The molecule has 0 aliphatic rings. The number of phenols is 4. The summed E-state index contributed by atoms with van der Waals surface area (Å²) in [5.41, 5.74) is 4.20. The van der Waals surface area contributed by atoms with Crippen LogP contribution < -0.4 is 0 Å². The van der Waals surface area contributed by atoms with Gasteiger partial charge < -0.3 is 25.2 Å². The van der Waals surface area contributed by atoms with Crippen molar-refractivity contribution in [3.05, 3.63) is 117 Å². The summed E-state index contributed by atoms with van der Waals surface area (Å²) in [6.07, 6.45) is 2.86. The van der Waals surface area contributed by atoms with Gasteiger partial charge in [0.25, 0.3) is 0 Å². The smallest absolute Gasteiger partial charge is 0.314 e. The largest absolute Gasteiger partial charge is 0.508 e. The molecule has 0 bridgehead atoms. The summed E-state index contributed by atoms with van der Waals surface area (Å²) in [7, 11) is 0. The molecule has 7 heteroatoms. The highest BCUT2D eigenvalue weighted by atomic mass is 16.6. The first-order valence-corrected chi connectivity index (χ1v) is 20.0. The van der Waals surface area contributed by atoms with Crippen molar-refractivity contribution in [3.63, 3.8) is 0 Å². The molecular weight excluding hydrogens is 689 g/mol. The Labute approximate surface area is 328 Å². The fourth-order valence-corrected chi connectivity index (χ4v) is 7.57. The van der Waals surface area contributed by atoms with Crippen LogP contribution in [0.15, 0.2) is 72.8 Å². The summed E-state index contributed by atoms with van der Waals surface area (Å²) >= 11 is 0. The minimum atomic E-state index is -0.989. The van der Waals surface area contributed by atoms with E-state index in [2.05, 4.69) is 27.7 Å². The molecule has 4 N–H and O–H groups in total. The first kappa shape index (κ1) is 43.0. The van der Waals surface area contributed by atoms with E-state index in [0.717, 1.165) is 70.2 Å². The van der Waals surface area contributed by atoms with Crippen molar-refractivity contribution in [1.29, 1.82) is 0 Å². The lowest BCUT2D eigenvalue weighted by Gasteiger charge is -2.33. The Morgan fingerprint density at radius 2 is 0.691 bits per heavy atom. The number of aromatic hydroxyl groups is 4. The highest BCUT2D eigenvalue weighted by molar-refractivity contribution is 5.87. The number of phenolic OH excluding ortho intramolecular Hbond substituents is 4. The zero-order valence-corrected chi connectivity index (χ0v) is 34.5. The third-order valence-corrected chi connectivity index (χ3v) is 12.5. The second-order valence-corrected chi connectivity index (χ2v) is 16.2. The Kier molecular flexibility index (Phi) is 13.9. The Balaban J connectivity index is 1.79. The van der Waals surface area contributed by atoms with Crippen molar-refractivity contribution < 1.29 is 34.8 Å². The number of carbonyl (C=O) groups excluding carboxylic acids is 2. The molecule has 4 rings (SSSR count). The minimum Gasteiger partial charge on any atom is -0.508 e. The fraction of sp³-hybridized carbons (Fsp3) is 0.458. The topological polar surface area (TPSA) is 124 Å². The second-order valence-electron chi connectivity index (χ2n) is 16.2. The predicted octanol–water partition coefficient (Wildman–Crippen LogP) is 11.7. The second kappa shape index (κ2) is 17.8. The van der Waals surface area contributed by atoms with Gasteiger partial charge in [-0.25, -0.2) is 0 Å². The molecule has 4 aromatic carbocycles. The molecule has 0 aromatic heterocycles. The zero-order chi connectivity index (χ0) is 40.8. The van der Waals surface area contributed by atoms with Crippen LogP contribution in [-0.4, -0.2) is 32.4 Å². The van der Waals surface area contributed by atoms with Crippen LogP contribution in [0, 0.1) is 0 Å². The Morgan fingerprint density at radius 3 is 0.891 bits per heavy atom. The fourth-order valence-electron chi connectivity index (χ4n) is 7.57. The number of benzene rings is 4. The lowest BCUT2D eigenvalue weighted by atomic mass is 9.71. The van der Waals surface area contributed by atoms with Gasteiger partial charge in [0, 0.05) is 10.8 Å². The van der Waals surface area contributed by atoms with Gasteiger partial charge in [-0.3, -0.25) is 9.59 Å². The predicted molar refractivity (Wildman–Crippen MR) is 220 cm³/mol. The monoisotopic (exact) mass is 750 g/mol. The Hall–Kier alpha value is -4.78. The molecule has 0 heterocycles. The molecule has 0 saturated carbocycles. The van der Waals surface area contributed by atoms with E-state index >= 15 is 0 Å². The van der Waals surface area contributed by atoms with E-state index in [9.17, 15) is 30.0 Å². The standard InChI is InChI=1S/C48H62O7/c1-11-29(5)37-23-33(15-19-41(37)49)47(9,34-16-20-42(50)38(24-34)30(6)12-2)27-45(53)55-46(54)28-48(10,35-17-21-43(51)39(25-35)31(7)13-3)36-18-22-44(52)40(26-36)32(8)14-4/h15-26,29-32,49-52H,11-14,27-28H2,1-10H3. The van der Waals surface area contributed by atoms with Crippen molar-refractivity contribution in [2.45, 2.75) is 142 Å². The van der Waals surface area contributed by atoms with Gasteiger partial charge in [-0.05, 0) is 118 Å². The van der Waals surface area contributed by atoms with E-state index in [0.29, 0.717) is 0 Å². The summed E-state index contributed by atoms with van der Waals surface area (Å²) in [5.74, 6) is -0.439. The molecule has 4 atom stereocenters. The molecule has 4 unspecified atom stereocenters. The van der Waals surface area contributed by atoms with Crippen molar-refractivity contribution in [3.8, 4) is 23.0 Å². The summed E-state index contributed by atoms with van der Waals surface area (Å²) in [6.45, 7) is 20.3. The van der Waals surface area contributed by atoms with Gasteiger partial charge >= 0.3 is 11.9 Å². The molecule has 0 radical (unpaired) electrons. The molecule has 0 saturated heterocycles. The van der Waals surface area contributed by atoms with Crippen LogP contribution in [-0.2, 0) is 25.2 Å². The van der Waals surface area contributed by atoms with Crippen LogP contribution in [0.5, 0.6) is 23.0 Å². The summed E-state index contributed by atoms with van der Waals surface area (Å²) < 4.78 is 5.74. The van der Waals surface area contributed by atoms with Gasteiger partial charge in [0.2, 0.25) is 0 Å². The van der Waals surface area contributed by atoms with E-state index < -0.39 is 22.8 Å². The van der Waals surface area contributed by atoms with Crippen molar-refractivity contribution in [2.75, 3.05) is 0 Å². The number of rotatable bonds is 16. The van der Waals surface area contributed by atoms with E-state index in [1.807, 2.05) is 90.1 Å². The lowest BCUT2D eigenvalue weighted by Crippen LogP contribution is -2.32. The molecule has 0 fully saturated rings. The number of esters is 2. The highest BCUT2D eigenvalue weighted by Crippen LogP contribution is 2.44. The SMILES string of the molecule is CCC(C)c1cc(C(C)(CC(=O)OC(=O)CC(C)(c2ccc(O)c(C(C)CC)c2)c2ccc(O)c(C(C)CC)c2)c2ccc(O)c(C(C)CC)c2)ccc1O. The number of hydrogen-bond donors (Lipinski definition) is 4. The van der Waals surface area contributed by atoms with Gasteiger partial charge in [-0.1, -0.05) is 118 Å². The van der Waals surface area contributed by atoms with E-state index in [1.54, 1.807) is 24.3 Å². The molecule has 7 nitrogen and oxygen atoms in total. The van der Waals surface area contributed by atoms with Gasteiger partial charge in [0.1, 0.15) is 23.0 Å². The van der Waals surface area contributed by atoms with Gasteiger partial charge in [0.15, 0.2) is 0 Å². The van der Waals surface area contributed by atoms with Gasteiger partial charge in [-0.2, -0.15) is 0 Å². The quantitative estimate of drug-likeness (QED) is 0.0664. The molecule has 0 amide bonds. The number of hydrogen-bond acceptors (Lipinski definition) is 7. The average Bonchev–Trinajstić information content (AvgIpc) is 3.16. The van der Waals surface area contributed by atoms with Crippen molar-refractivity contribution >= 4 is 11.9 Å². The summed E-state index contributed by atoms with van der Waals surface area (Å²) in [4.78, 5) is 28.2. The van der Waals surface area contributed by atoms with Crippen molar-refractivity contribution in [1.82, 2.24) is 0 Å². The molecule has 0 aliphatic heterocycles. The van der Waals surface area contributed by atoms with Crippen LogP contribution in [0.4, 0.5) is 0 Å². The minimum absolute atomic E-state index is 0.0624. The molecule has 55 heavy (non-hydrogen) atoms. The number of ether oxygens (including phenoxy) is 1. The molecule has 0 aliphatic carbocycles. The summed E-state index contributed by atoms with van der Waals surface area (Å²) in [6, 6.07) is 21.6. The van der Waals surface area contributed by atoms with E-state index in [-0.39, 0.29) is 59.5 Å². The molecule has 4 aromatic rings. The Bertz CT molecular complexity index is 1720. The van der Waals surface area contributed by atoms with Crippen LogP contribution >= 0.6 is 0 Å². The molecule has 296 valence electrons. The van der Waals surface area contributed by atoms with Crippen LogP contribution in [0.25, 0.3) is 0 Å². The van der Waals surface area contributed by atoms with Crippen LogP contribution in [0.3, 0.4) is 0 Å². The first-order valence-electron chi connectivity index (χ1n) is 20.0. The van der Waals surface area contributed by atoms with E-state index in [4.69, 9.17) is 4.74 Å². The first-order chi connectivity index (χ1) is 25.9. The highest BCUT2D eigenvalue weighted by Gasteiger charge is 2.38. The molecular formula is C48H62O7. The number of carbonyl (C=O) groups is 2. The average molecular weight is 751 g/mol.